The van der Waals surface area contributed by atoms with Crippen LogP contribution in [-0.2, 0) is 6.54 Å². The zero-order valence-electron chi connectivity index (χ0n) is 27.6. The number of nitrogens with one attached hydrogen (secondary N) is 1. The number of amides is 1. The van der Waals surface area contributed by atoms with Crippen molar-refractivity contribution in [2.45, 2.75) is 66.3 Å². The van der Waals surface area contributed by atoms with Crippen LogP contribution in [0.2, 0.25) is 5.02 Å². The molecule has 0 unspecified atom stereocenters. The average molecular weight is 647 g/mol. The summed E-state index contributed by atoms with van der Waals surface area (Å²) in [7, 11) is 0. The summed E-state index contributed by atoms with van der Waals surface area (Å²) in [6.07, 6.45) is 4.75. The molecule has 1 heterocycles. The van der Waals surface area contributed by atoms with E-state index in [1.54, 1.807) is 16.8 Å². The molecule has 246 valence electrons. The van der Waals surface area contributed by atoms with Gasteiger partial charge in [0.25, 0.3) is 5.91 Å². The number of carbonyl (C=O) groups excluding carboxylic acids is 1. The minimum absolute atomic E-state index is 0.245. The van der Waals surface area contributed by atoms with Gasteiger partial charge in [-0.3, -0.25) is 9.48 Å². The smallest absolute Gasteiger partial charge is 0.274 e. The predicted molar refractivity (Wildman–Crippen MR) is 187 cm³/mol. The number of rotatable bonds is 19. The van der Waals surface area contributed by atoms with E-state index in [-0.39, 0.29) is 5.91 Å². The van der Waals surface area contributed by atoms with Crippen molar-refractivity contribution in [2.75, 3.05) is 38.2 Å². The molecule has 46 heavy (non-hydrogen) atoms. The second-order valence-corrected chi connectivity index (χ2v) is 11.6. The fourth-order valence-corrected chi connectivity index (χ4v) is 5.02. The van der Waals surface area contributed by atoms with Gasteiger partial charge in [0, 0.05) is 29.7 Å². The van der Waals surface area contributed by atoms with Crippen molar-refractivity contribution < 1.29 is 19.0 Å². The van der Waals surface area contributed by atoms with Crippen molar-refractivity contribution in [3.05, 3.63) is 83.5 Å². The Morgan fingerprint density at radius 1 is 0.804 bits per heavy atom. The van der Waals surface area contributed by atoms with Crippen molar-refractivity contribution in [3.63, 3.8) is 0 Å². The highest BCUT2D eigenvalue weighted by molar-refractivity contribution is 6.30. The minimum atomic E-state index is -0.245. The van der Waals surface area contributed by atoms with Gasteiger partial charge in [0.1, 0.15) is 28.7 Å². The molecule has 3 aromatic carbocycles. The standard InChI is InChI=1S/C37H47ClN4O4/c1-5-9-23-42-35(27-34(40-42)28-12-16-30(17-13-28)46-31-18-14-29(38)15-19-31)37(43)39-33-21-20-32(26-36(33)45-24-10-6-2)44-25-11-22-41(7-3)8-4/h12-21,26-27H,5-11,22-25H2,1-4H3,(H,39,43). The minimum Gasteiger partial charge on any atom is -0.493 e. The van der Waals surface area contributed by atoms with E-state index in [0.717, 1.165) is 63.1 Å². The third-order valence-corrected chi connectivity index (χ3v) is 7.93. The third-order valence-electron chi connectivity index (χ3n) is 7.67. The van der Waals surface area contributed by atoms with Crippen molar-refractivity contribution in [2.24, 2.45) is 0 Å². The molecule has 0 saturated heterocycles. The lowest BCUT2D eigenvalue weighted by molar-refractivity contribution is 0.101. The van der Waals surface area contributed by atoms with Crippen LogP contribution in [0.25, 0.3) is 11.3 Å². The molecule has 4 aromatic rings. The molecule has 0 bridgehead atoms. The van der Waals surface area contributed by atoms with Gasteiger partial charge in [-0.1, -0.05) is 52.1 Å². The average Bonchev–Trinajstić information content (AvgIpc) is 3.51. The number of hydrogen-bond acceptors (Lipinski definition) is 6. The molecular formula is C37H47ClN4O4. The van der Waals surface area contributed by atoms with E-state index in [9.17, 15) is 4.79 Å². The summed E-state index contributed by atoms with van der Waals surface area (Å²) in [5, 5.41) is 8.55. The molecule has 0 fully saturated rings. The lowest BCUT2D eigenvalue weighted by atomic mass is 10.1. The number of anilines is 1. The molecule has 9 heteroatoms. The maximum atomic E-state index is 13.7. The van der Waals surface area contributed by atoms with Gasteiger partial charge in [0.2, 0.25) is 0 Å². The van der Waals surface area contributed by atoms with Crippen molar-refractivity contribution in [1.82, 2.24) is 14.7 Å². The Morgan fingerprint density at radius 3 is 2.13 bits per heavy atom. The number of aromatic nitrogens is 2. The van der Waals surface area contributed by atoms with Crippen LogP contribution in [0.3, 0.4) is 0 Å². The fraction of sp³-hybridized carbons (Fsp3) is 0.405. The lowest BCUT2D eigenvalue weighted by Gasteiger charge is -2.18. The van der Waals surface area contributed by atoms with Gasteiger partial charge < -0.3 is 24.4 Å². The zero-order valence-corrected chi connectivity index (χ0v) is 28.3. The van der Waals surface area contributed by atoms with Gasteiger partial charge in [-0.15, -0.1) is 0 Å². The van der Waals surface area contributed by atoms with Gasteiger partial charge in [-0.05, 0) is 99.1 Å². The molecule has 0 aliphatic carbocycles. The van der Waals surface area contributed by atoms with Crippen molar-refractivity contribution in [3.8, 4) is 34.3 Å². The van der Waals surface area contributed by atoms with Gasteiger partial charge >= 0.3 is 0 Å². The zero-order chi connectivity index (χ0) is 32.7. The number of benzene rings is 3. The van der Waals surface area contributed by atoms with Gasteiger partial charge in [-0.2, -0.15) is 5.10 Å². The number of hydrogen-bond donors (Lipinski definition) is 1. The highest BCUT2D eigenvalue weighted by atomic mass is 35.5. The summed E-state index contributed by atoms with van der Waals surface area (Å²) in [4.78, 5) is 16.1. The number of unbranched alkanes of at least 4 members (excludes halogenated alkanes) is 2. The third kappa shape index (κ3) is 10.3. The molecular weight excluding hydrogens is 600 g/mol. The van der Waals surface area contributed by atoms with E-state index in [4.69, 9.17) is 30.9 Å². The van der Waals surface area contributed by atoms with Crippen LogP contribution in [0.4, 0.5) is 5.69 Å². The van der Waals surface area contributed by atoms with E-state index >= 15 is 0 Å². The van der Waals surface area contributed by atoms with Crippen LogP contribution in [-0.4, -0.2) is 53.4 Å². The number of halogens is 1. The molecule has 0 atom stereocenters. The van der Waals surface area contributed by atoms with Crippen LogP contribution in [0.1, 0.15) is 70.3 Å². The first kappa shape index (κ1) is 34.9. The SMILES string of the molecule is CCCCOc1cc(OCCCN(CC)CC)ccc1NC(=O)c1cc(-c2ccc(Oc3ccc(Cl)cc3)cc2)nn1CCCC. The predicted octanol–water partition coefficient (Wildman–Crippen LogP) is 9.34. The van der Waals surface area contributed by atoms with Gasteiger partial charge in [0.15, 0.2) is 0 Å². The highest BCUT2D eigenvalue weighted by Gasteiger charge is 2.19. The second kappa shape index (κ2) is 18.2. The normalized spacial score (nSPS) is 11.1. The number of nitrogens with zero attached hydrogens (tertiary/aromatic N) is 3. The Hall–Kier alpha value is -4.01. The molecule has 0 aliphatic rings. The van der Waals surface area contributed by atoms with Crippen molar-refractivity contribution in [1.29, 1.82) is 0 Å². The number of aryl methyl sites for hydroxylation is 1. The van der Waals surface area contributed by atoms with Crippen LogP contribution >= 0.6 is 11.6 Å². The number of carbonyl (C=O) groups is 1. The Morgan fingerprint density at radius 2 is 1.46 bits per heavy atom. The van der Waals surface area contributed by atoms with Crippen LogP contribution in [0.5, 0.6) is 23.0 Å². The first-order chi connectivity index (χ1) is 22.4. The summed E-state index contributed by atoms with van der Waals surface area (Å²) in [6, 6.07) is 22.3. The monoisotopic (exact) mass is 646 g/mol. The topological polar surface area (TPSA) is 77.8 Å². The van der Waals surface area contributed by atoms with Gasteiger partial charge in [0.05, 0.1) is 24.6 Å². The molecule has 1 aromatic heterocycles. The highest BCUT2D eigenvalue weighted by Crippen LogP contribution is 2.31. The molecule has 0 aliphatic heterocycles. The molecule has 4 rings (SSSR count). The van der Waals surface area contributed by atoms with E-state index in [1.165, 1.54) is 0 Å². The number of ether oxygens (including phenoxy) is 3. The molecule has 0 spiro atoms. The summed E-state index contributed by atoms with van der Waals surface area (Å²) in [5.41, 5.74) is 2.69. The lowest BCUT2D eigenvalue weighted by Crippen LogP contribution is -2.25. The van der Waals surface area contributed by atoms with Crippen LogP contribution in [0, 0.1) is 0 Å². The molecule has 1 amide bonds. The quantitative estimate of drug-likeness (QED) is 0.102. The van der Waals surface area contributed by atoms with Gasteiger partial charge in [-0.25, -0.2) is 0 Å². The fourth-order valence-electron chi connectivity index (χ4n) is 4.90. The largest absolute Gasteiger partial charge is 0.493 e. The second-order valence-electron chi connectivity index (χ2n) is 11.1. The van der Waals surface area contributed by atoms with E-state index in [1.807, 2.05) is 60.7 Å². The summed E-state index contributed by atoms with van der Waals surface area (Å²) >= 11 is 5.99. The Balaban J connectivity index is 1.49. The van der Waals surface area contributed by atoms with E-state index in [2.05, 4.69) is 37.9 Å². The summed E-state index contributed by atoms with van der Waals surface area (Å²) in [5.74, 6) is 2.47. The van der Waals surface area contributed by atoms with Crippen LogP contribution < -0.4 is 19.5 Å². The Bertz CT molecular complexity index is 1500. The molecule has 0 saturated carbocycles. The summed E-state index contributed by atoms with van der Waals surface area (Å²) in [6.45, 7) is 13.5. The Labute approximate surface area is 278 Å². The van der Waals surface area contributed by atoms with Crippen LogP contribution in [0.15, 0.2) is 72.8 Å². The summed E-state index contributed by atoms with van der Waals surface area (Å²) < 4.78 is 19.9. The maximum Gasteiger partial charge on any atom is 0.274 e. The van der Waals surface area contributed by atoms with E-state index < -0.39 is 0 Å². The molecule has 0 radical (unpaired) electrons. The molecule has 1 N–H and O–H groups in total. The molecule has 8 nitrogen and oxygen atoms in total. The first-order valence-corrected chi connectivity index (χ1v) is 16.9. The maximum absolute atomic E-state index is 13.7. The van der Waals surface area contributed by atoms with E-state index in [0.29, 0.717) is 59.1 Å². The first-order valence-electron chi connectivity index (χ1n) is 16.5. The Kier molecular flexibility index (Phi) is 13.8. The van der Waals surface area contributed by atoms with Crippen molar-refractivity contribution >= 4 is 23.2 Å².